The highest BCUT2D eigenvalue weighted by molar-refractivity contribution is 8.00. The minimum atomic E-state index is -3.75. The van der Waals surface area contributed by atoms with E-state index >= 15 is 0 Å². The first-order chi connectivity index (χ1) is 13.1. The molecule has 1 amide bonds. The van der Waals surface area contributed by atoms with Gasteiger partial charge in [-0.1, -0.05) is 0 Å². The van der Waals surface area contributed by atoms with E-state index in [-0.39, 0.29) is 28.0 Å². The number of non-ortho nitro benzene ring substituents is 1. The van der Waals surface area contributed by atoms with Gasteiger partial charge in [0.1, 0.15) is 10.6 Å². The Morgan fingerprint density at radius 3 is 2.39 bits per heavy atom. The molecule has 2 rings (SSSR count). The lowest BCUT2D eigenvalue weighted by Gasteiger charge is -2.16. The van der Waals surface area contributed by atoms with E-state index in [1.54, 1.807) is 18.2 Å². The number of nitro benzene ring substituents is 1. The van der Waals surface area contributed by atoms with Gasteiger partial charge >= 0.3 is 0 Å². The predicted molar refractivity (Wildman–Crippen MR) is 106 cm³/mol. The molecule has 0 radical (unpaired) electrons. The van der Waals surface area contributed by atoms with Crippen LogP contribution in [0.2, 0.25) is 0 Å². The van der Waals surface area contributed by atoms with Gasteiger partial charge in [-0.05, 0) is 30.3 Å². The molecule has 150 valence electrons. The topological polar surface area (TPSA) is 119 Å². The van der Waals surface area contributed by atoms with Crippen molar-refractivity contribution in [2.24, 2.45) is 0 Å². The second kappa shape index (κ2) is 9.04. The molecule has 0 heterocycles. The summed E-state index contributed by atoms with van der Waals surface area (Å²) in [5.74, 6) is -0.117. The zero-order valence-corrected chi connectivity index (χ0v) is 17.0. The summed E-state index contributed by atoms with van der Waals surface area (Å²) in [6.45, 7) is 0. The summed E-state index contributed by atoms with van der Waals surface area (Å²) in [5, 5.41) is 13.3. The first kappa shape index (κ1) is 21.7. The second-order valence-corrected chi connectivity index (χ2v) is 8.91. The van der Waals surface area contributed by atoms with Gasteiger partial charge in [0.05, 0.1) is 17.8 Å². The molecule has 0 spiro atoms. The fraction of sp³-hybridized carbons (Fsp3) is 0.235. The number of amides is 1. The molecule has 0 atom stereocenters. The molecule has 0 aliphatic carbocycles. The Morgan fingerprint density at radius 2 is 1.86 bits per heavy atom. The number of hydrogen-bond acceptors (Lipinski definition) is 7. The van der Waals surface area contributed by atoms with E-state index in [0.29, 0.717) is 10.6 Å². The number of nitrogens with zero attached hydrogens (tertiary/aromatic N) is 2. The number of hydrogen-bond donors (Lipinski definition) is 1. The van der Waals surface area contributed by atoms with Crippen LogP contribution in [0.1, 0.15) is 0 Å². The summed E-state index contributed by atoms with van der Waals surface area (Å²) in [7, 11) is 0.424. The maximum atomic E-state index is 12.4. The van der Waals surface area contributed by atoms with Crippen LogP contribution in [0.4, 0.5) is 11.4 Å². The van der Waals surface area contributed by atoms with Crippen LogP contribution in [0, 0.1) is 10.1 Å². The van der Waals surface area contributed by atoms with Crippen LogP contribution >= 0.6 is 11.8 Å². The largest absolute Gasteiger partial charge is 0.495 e. The number of carbonyl (C=O) groups is 1. The Bertz CT molecular complexity index is 975. The highest BCUT2D eigenvalue weighted by Gasteiger charge is 2.23. The lowest BCUT2D eigenvalue weighted by atomic mass is 10.3. The van der Waals surface area contributed by atoms with Crippen LogP contribution in [0.15, 0.2) is 52.3 Å². The molecule has 0 aliphatic heterocycles. The number of rotatable bonds is 8. The normalized spacial score (nSPS) is 11.3. The molecular formula is C17H19N3O6S2. The fourth-order valence-corrected chi connectivity index (χ4v) is 3.94. The summed E-state index contributed by atoms with van der Waals surface area (Å²) in [6, 6.07) is 10.2. The van der Waals surface area contributed by atoms with Gasteiger partial charge in [-0.3, -0.25) is 14.9 Å². The zero-order chi connectivity index (χ0) is 20.9. The predicted octanol–water partition coefficient (Wildman–Crippen LogP) is 2.58. The number of benzene rings is 2. The number of carbonyl (C=O) groups excluding carboxylic acids is 1. The minimum Gasteiger partial charge on any atom is -0.495 e. The van der Waals surface area contributed by atoms with E-state index in [9.17, 15) is 23.3 Å². The summed E-state index contributed by atoms with van der Waals surface area (Å²) < 4.78 is 31.0. The van der Waals surface area contributed by atoms with Crippen LogP contribution in [0.5, 0.6) is 5.75 Å². The molecule has 2 aromatic carbocycles. The molecule has 2 aromatic rings. The third-order valence-electron chi connectivity index (χ3n) is 3.62. The van der Waals surface area contributed by atoms with E-state index in [4.69, 9.17) is 4.74 Å². The van der Waals surface area contributed by atoms with Crippen LogP contribution in [-0.4, -0.2) is 50.5 Å². The van der Waals surface area contributed by atoms with Crippen molar-refractivity contribution in [2.45, 2.75) is 9.79 Å². The van der Waals surface area contributed by atoms with Crippen LogP contribution in [0.25, 0.3) is 0 Å². The zero-order valence-electron chi connectivity index (χ0n) is 15.4. The third-order valence-corrected chi connectivity index (χ3v) is 6.47. The van der Waals surface area contributed by atoms with Crippen molar-refractivity contribution < 1.29 is 22.9 Å². The molecule has 0 aliphatic rings. The fourth-order valence-electron chi connectivity index (χ4n) is 2.16. The standard InChI is InChI=1S/C17H19N3O6S2/c1-19(2)28(24,25)16-10-12(4-9-15(16)26-3)18-17(21)11-27-14-7-5-13(6-8-14)20(22)23/h4-10H,11H2,1-3H3,(H,18,21). The number of anilines is 1. The van der Waals surface area contributed by atoms with Crippen molar-refractivity contribution in [2.75, 3.05) is 32.3 Å². The number of nitrogens with one attached hydrogen (secondary N) is 1. The maximum Gasteiger partial charge on any atom is 0.269 e. The Morgan fingerprint density at radius 1 is 1.21 bits per heavy atom. The summed E-state index contributed by atoms with van der Waals surface area (Å²) >= 11 is 1.20. The van der Waals surface area contributed by atoms with Gasteiger partial charge in [-0.25, -0.2) is 12.7 Å². The Labute approximate surface area is 166 Å². The number of thioether (sulfide) groups is 1. The molecule has 11 heteroatoms. The number of methoxy groups -OCH3 is 1. The lowest BCUT2D eigenvalue weighted by Crippen LogP contribution is -2.23. The molecular weight excluding hydrogens is 406 g/mol. The number of nitro groups is 1. The van der Waals surface area contributed by atoms with Gasteiger partial charge in [0.25, 0.3) is 5.69 Å². The number of ether oxygens (including phenoxy) is 1. The number of sulfonamides is 1. The van der Waals surface area contributed by atoms with Gasteiger partial charge in [-0.15, -0.1) is 11.8 Å². The quantitative estimate of drug-likeness (QED) is 0.392. The first-order valence-corrected chi connectivity index (χ1v) is 10.4. The Hall–Kier alpha value is -2.63. The average Bonchev–Trinajstić information content (AvgIpc) is 2.66. The van der Waals surface area contributed by atoms with Crippen molar-refractivity contribution >= 4 is 39.1 Å². The van der Waals surface area contributed by atoms with E-state index in [1.165, 1.54) is 57.2 Å². The molecule has 9 nitrogen and oxygen atoms in total. The highest BCUT2D eigenvalue weighted by atomic mass is 32.2. The first-order valence-electron chi connectivity index (χ1n) is 7.93. The molecule has 1 N–H and O–H groups in total. The summed E-state index contributed by atoms with van der Waals surface area (Å²) in [5.41, 5.74) is 0.289. The SMILES string of the molecule is COc1ccc(NC(=O)CSc2ccc([N+](=O)[O-])cc2)cc1S(=O)(=O)N(C)C. The van der Waals surface area contributed by atoms with Gasteiger partial charge in [0.2, 0.25) is 15.9 Å². The van der Waals surface area contributed by atoms with E-state index < -0.39 is 14.9 Å². The monoisotopic (exact) mass is 425 g/mol. The molecule has 0 bridgehead atoms. The van der Waals surface area contributed by atoms with Crippen molar-refractivity contribution in [1.29, 1.82) is 0 Å². The molecule has 0 unspecified atom stereocenters. The smallest absolute Gasteiger partial charge is 0.269 e. The van der Waals surface area contributed by atoms with Gasteiger partial charge in [-0.2, -0.15) is 0 Å². The Balaban J connectivity index is 2.08. The maximum absolute atomic E-state index is 12.4. The molecule has 0 fully saturated rings. The average molecular weight is 425 g/mol. The summed E-state index contributed by atoms with van der Waals surface area (Å²) in [6.07, 6.45) is 0. The van der Waals surface area contributed by atoms with Crippen molar-refractivity contribution in [3.63, 3.8) is 0 Å². The van der Waals surface area contributed by atoms with Gasteiger partial charge < -0.3 is 10.1 Å². The van der Waals surface area contributed by atoms with E-state index in [2.05, 4.69) is 5.32 Å². The van der Waals surface area contributed by atoms with Gasteiger partial charge in [0.15, 0.2) is 0 Å². The van der Waals surface area contributed by atoms with Gasteiger partial charge in [0, 0.05) is 36.8 Å². The Kier molecular flexibility index (Phi) is 7.00. The van der Waals surface area contributed by atoms with E-state index in [1.807, 2.05) is 0 Å². The summed E-state index contributed by atoms with van der Waals surface area (Å²) in [4.78, 5) is 23.0. The van der Waals surface area contributed by atoms with Crippen LogP contribution in [-0.2, 0) is 14.8 Å². The van der Waals surface area contributed by atoms with Crippen LogP contribution < -0.4 is 10.1 Å². The third kappa shape index (κ3) is 5.21. The van der Waals surface area contributed by atoms with Crippen LogP contribution in [0.3, 0.4) is 0 Å². The molecule has 0 aromatic heterocycles. The molecule has 0 saturated heterocycles. The molecule has 28 heavy (non-hydrogen) atoms. The molecule has 0 saturated carbocycles. The second-order valence-electron chi connectivity index (χ2n) is 5.74. The van der Waals surface area contributed by atoms with Crippen molar-refractivity contribution in [3.05, 3.63) is 52.6 Å². The minimum absolute atomic E-state index is 0.0262. The van der Waals surface area contributed by atoms with Crippen molar-refractivity contribution in [3.8, 4) is 5.75 Å². The van der Waals surface area contributed by atoms with E-state index in [0.717, 1.165) is 4.31 Å². The highest BCUT2D eigenvalue weighted by Crippen LogP contribution is 2.29. The lowest BCUT2D eigenvalue weighted by molar-refractivity contribution is -0.384. The van der Waals surface area contributed by atoms with Crippen molar-refractivity contribution in [1.82, 2.24) is 4.31 Å².